The van der Waals surface area contributed by atoms with Crippen molar-refractivity contribution in [3.63, 3.8) is 0 Å². The van der Waals surface area contributed by atoms with Gasteiger partial charge in [-0.15, -0.1) is 0 Å². The lowest BCUT2D eigenvalue weighted by Crippen LogP contribution is -2.60. The molecule has 0 amide bonds. The van der Waals surface area contributed by atoms with E-state index in [9.17, 15) is 0 Å². The standard InChI is InChI=1S/C56H46BN3O/c1-55(2,3)35-23-27-38(28-24-35)58(39-29-25-36(26-30-39)56(4,5)6)47-33-32-46-51-54(47)59(37-15-8-7-9-16-37)45-21-12-11-19-43(45)57(51)44-20-14-18-40-41-31-34-49-50(53(41)60(46)52(40)44)42-17-10-13-22-48(42)61-49/h7-34H,1-6H3. The van der Waals surface area contributed by atoms with Crippen molar-refractivity contribution < 1.29 is 4.42 Å². The summed E-state index contributed by atoms with van der Waals surface area (Å²) in [7, 11) is 0. The minimum absolute atomic E-state index is 0.00778. The monoisotopic (exact) mass is 787 g/mol. The normalized spacial score (nSPS) is 13.3. The van der Waals surface area contributed by atoms with Crippen LogP contribution < -0.4 is 26.2 Å². The van der Waals surface area contributed by atoms with Gasteiger partial charge in [0.15, 0.2) is 0 Å². The van der Waals surface area contributed by atoms with Crippen LogP contribution in [0.3, 0.4) is 0 Å². The lowest BCUT2D eigenvalue weighted by molar-refractivity contribution is 0.590. The van der Waals surface area contributed by atoms with Gasteiger partial charge in [0.05, 0.1) is 22.3 Å². The highest BCUT2D eigenvalue weighted by Gasteiger charge is 2.44. The number of hydrogen-bond donors (Lipinski definition) is 0. The van der Waals surface area contributed by atoms with Crippen molar-refractivity contribution >= 4 is 101 Å². The van der Waals surface area contributed by atoms with Crippen molar-refractivity contribution in [2.45, 2.75) is 52.4 Å². The summed E-state index contributed by atoms with van der Waals surface area (Å²) in [6.45, 7) is 13.7. The van der Waals surface area contributed by atoms with Gasteiger partial charge in [-0.1, -0.05) is 139 Å². The average molecular weight is 788 g/mol. The molecule has 4 heterocycles. The van der Waals surface area contributed by atoms with Crippen LogP contribution in [0, 0.1) is 0 Å². The molecule has 0 radical (unpaired) electrons. The molecule has 2 aliphatic rings. The molecule has 0 fully saturated rings. The lowest BCUT2D eigenvalue weighted by Gasteiger charge is -2.43. The van der Waals surface area contributed by atoms with Crippen LogP contribution in [-0.2, 0) is 10.8 Å². The fourth-order valence-corrected chi connectivity index (χ4v) is 10.4. The molecule has 0 bridgehead atoms. The smallest absolute Gasteiger partial charge is 0.252 e. The third-order valence-electron chi connectivity index (χ3n) is 13.3. The van der Waals surface area contributed by atoms with E-state index in [0.29, 0.717) is 0 Å². The van der Waals surface area contributed by atoms with Crippen LogP contribution in [0.1, 0.15) is 52.7 Å². The molecular formula is C56H46BN3O. The first-order valence-corrected chi connectivity index (χ1v) is 21.6. The highest BCUT2D eigenvalue weighted by molar-refractivity contribution is 7.00. The highest BCUT2D eigenvalue weighted by atomic mass is 16.3. The zero-order chi connectivity index (χ0) is 41.4. The van der Waals surface area contributed by atoms with Crippen LogP contribution in [-0.4, -0.2) is 11.3 Å². The molecule has 0 unspecified atom stereocenters. The minimum atomic E-state index is -0.00778. The van der Waals surface area contributed by atoms with Gasteiger partial charge < -0.3 is 18.8 Å². The zero-order valence-electron chi connectivity index (χ0n) is 35.5. The second-order valence-corrected chi connectivity index (χ2v) is 19.0. The molecule has 2 aliphatic heterocycles. The molecule has 0 aliphatic carbocycles. The van der Waals surface area contributed by atoms with E-state index in [1.807, 2.05) is 0 Å². The van der Waals surface area contributed by atoms with Crippen LogP contribution in [0.15, 0.2) is 174 Å². The van der Waals surface area contributed by atoms with E-state index in [1.165, 1.54) is 66.4 Å². The molecule has 61 heavy (non-hydrogen) atoms. The topological polar surface area (TPSA) is 24.6 Å². The van der Waals surface area contributed by atoms with Crippen LogP contribution in [0.4, 0.5) is 34.1 Å². The summed E-state index contributed by atoms with van der Waals surface area (Å²) in [6, 6.07) is 63.1. The molecule has 0 saturated heterocycles. The van der Waals surface area contributed by atoms with Gasteiger partial charge in [-0.25, -0.2) is 0 Å². The van der Waals surface area contributed by atoms with Crippen molar-refractivity contribution in [1.29, 1.82) is 0 Å². The highest BCUT2D eigenvalue weighted by Crippen LogP contribution is 2.50. The van der Waals surface area contributed by atoms with Crippen molar-refractivity contribution in [1.82, 2.24) is 4.57 Å². The van der Waals surface area contributed by atoms with E-state index in [2.05, 4.69) is 226 Å². The van der Waals surface area contributed by atoms with E-state index < -0.39 is 0 Å². The maximum atomic E-state index is 6.57. The summed E-state index contributed by atoms with van der Waals surface area (Å²) < 4.78 is 9.14. The summed E-state index contributed by atoms with van der Waals surface area (Å²) in [4.78, 5) is 5.01. The molecule has 8 aromatic carbocycles. The maximum Gasteiger partial charge on any atom is 0.252 e. The first-order chi connectivity index (χ1) is 29.6. The molecule has 2 aromatic heterocycles. The van der Waals surface area contributed by atoms with E-state index >= 15 is 0 Å². The van der Waals surface area contributed by atoms with Gasteiger partial charge in [-0.2, -0.15) is 0 Å². The molecule has 0 atom stereocenters. The first-order valence-electron chi connectivity index (χ1n) is 21.6. The number of anilines is 6. The molecule has 4 nitrogen and oxygen atoms in total. The quantitative estimate of drug-likeness (QED) is 0.166. The number of furan rings is 1. The number of nitrogens with zero attached hydrogens (tertiary/aromatic N) is 3. The first kappa shape index (κ1) is 35.9. The van der Waals surface area contributed by atoms with Crippen molar-refractivity contribution in [2.24, 2.45) is 0 Å². The molecule has 0 N–H and O–H groups in total. The average Bonchev–Trinajstić information content (AvgIpc) is 3.82. The Balaban J connectivity index is 1.24. The number of hydrogen-bond acceptors (Lipinski definition) is 3. The zero-order valence-corrected chi connectivity index (χ0v) is 35.5. The van der Waals surface area contributed by atoms with E-state index in [1.54, 1.807) is 0 Å². The predicted molar refractivity (Wildman–Crippen MR) is 259 cm³/mol. The van der Waals surface area contributed by atoms with Crippen LogP contribution in [0.25, 0.3) is 49.4 Å². The van der Waals surface area contributed by atoms with E-state index in [-0.39, 0.29) is 17.5 Å². The summed E-state index contributed by atoms with van der Waals surface area (Å²) in [5.41, 5.74) is 18.9. The Morgan fingerprint density at radius 3 is 1.79 bits per heavy atom. The predicted octanol–water partition coefficient (Wildman–Crippen LogP) is 13.4. The Labute approximate surface area is 357 Å². The Morgan fingerprint density at radius 1 is 0.475 bits per heavy atom. The molecule has 294 valence electrons. The van der Waals surface area contributed by atoms with Crippen LogP contribution in [0.5, 0.6) is 0 Å². The van der Waals surface area contributed by atoms with Gasteiger partial charge in [0.1, 0.15) is 11.2 Å². The second-order valence-electron chi connectivity index (χ2n) is 19.0. The SMILES string of the molecule is CC(C)(C)c1ccc(N(c2ccc(C(C)(C)C)cc2)c2ccc3c4c2N(c2ccccc2)c2ccccc2B4c2cccc4c5ccc6oc7ccccc7c6c5n-3c24)cc1. The summed E-state index contributed by atoms with van der Waals surface area (Å²) in [5, 5.41) is 4.79. The molecule has 12 rings (SSSR count). The Hall–Kier alpha value is -6.98. The Kier molecular flexibility index (Phi) is 7.52. The summed E-state index contributed by atoms with van der Waals surface area (Å²) >= 11 is 0. The molecular weight excluding hydrogens is 741 g/mol. The molecule has 5 heteroatoms. The van der Waals surface area contributed by atoms with Crippen LogP contribution >= 0.6 is 0 Å². The minimum Gasteiger partial charge on any atom is -0.456 e. The fourth-order valence-electron chi connectivity index (χ4n) is 10.4. The summed E-state index contributed by atoms with van der Waals surface area (Å²) in [6.07, 6.45) is 0. The van der Waals surface area contributed by atoms with E-state index in [0.717, 1.165) is 44.7 Å². The van der Waals surface area contributed by atoms with Crippen molar-refractivity contribution in [3.05, 3.63) is 181 Å². The van der Waals surface area contributed by atoms with Gasteiger partial charge in [0, 0.05) is 50.1 Å². The Morgan fingerprint density at radius 2 is 1.08 bits per heavy atom. The third kappa shape index (κ3) is 5.19. The Bertz CT molecular complexity index is 3320. The molecule has 0 saturated carbocycles. The number of benzene rings is 8. The largest absolute Gasteiger partial charge is 0.456 e. The van der Waals surface area contributed by atoms with E-state index in [4.69, 9.17) is 4.42 Å². The molecule has 10 aromatic rings. The van der Waals surface area contributed by atoms with Crippen LogP contribution in [0.2, 0.25) is 0 Å². The maximum absolute atomic E-state index is 6.57. The van der Waals surface area contributed by atoms with Gasteiger partial charge in [0.2, 0.25) is 0 Å². The number of aromatic nitrogens is 1. The lowest BCUT2D eigenvalue weighted by atomic mass is 9.33. The van der Waals surface area contributed by atoms with Gasteiger partial charge in [-0.05, 0) is 111 Å². The number of rotatable bonds is 4. The summed E-state index contributed by atoms with van der Waals surface area (Å²) in [5.74, 6) is 0. The van der Waals surface area contributed by atoms with Crippen molar-refractivity contribution in [3.8, 4) is 5.69 Å². The van der Waals surface area contributed by atoms with Gasteiger partial charge >= 0.3 is 0 Å². The number of fused-ring (bicyclic) bond motifs is 11. The second kappa shape index (κ2) is 12.8. The van der Waals surface area contributed by atoms with Gasteiger partial charge in [-0.3, -0.25) is 0 Å². The van der Waals surface area contributed by atoms with Gasteiger partial charge in [0.25, 0.3) is 6.71 Å². The van der Waals surface area contributed by atoms with Crippen molar-refractivity contribution in [2.75, 3.05) is 9.80 Å². The third-order valence-corrected chi connectivity index (χ3v) is 13.3. The number of para-hydroxylation sites is 4. The fraction of sp³-hybridized carbons (Fsp3) is 0.143. The molecule has 0 spiro atoms.